The zero-order chi connectivity index (χ0) is 27.0. The molecule has 6 rings (SSSR count). The van der Waals surface area contributed by atoms with E-state index in [-0.39, 0.29) is 0 Å². The van der Waals surface area contributed by atoms with E-state index in [2.05, 4.69) is 193 Å². The first kappa shape index (κ1) is 25.4. The van der Waals surface area contributed by atoms with Crippen LogP contribution in [0.1, 0.15) is 5.56 Å². The molecule has 2 heteroatoms. The lowest BCUT2D eigenvalue weighted by Crippen LogP contribution is -2.66. The average Bonchev–Trinajstić information content (AvgIpc) is 3.05. The van der Waals surface area contributed by atoms with Crippen LogP contribution in [0, 0.1) is 0 Å². The molecule has 40 heavy (non-hydrogen) atoms. The van der Waals surface area contributed by atoms with Crippen LogP contribution >= 0.6 is 0 Å². The van der Waals surface area contributed by atoms with Gasteiger partial charge in [0.1, 0.15) is 0 Å². The Hall–Kier alpha value is -4.92. The second kappa shape index (κ2) is 11.9. The second-order valence-corrected chi connectivity index (χ2v) is 13.5. The first-order valence-corrected chi connectivity index (χ1v) is 15.8. The van der Waals surface area contributed by atoms with Crippen molar-refractivity contribution < 1.29 is 0 Å². The van der Waals surface area contributed by atoms with Crippen LogP contribution in [0.4, 0.5) is 17.1 Å². The molecule has 0 atom stereocenters. The largest absolute Gasteiger partial charge is 0.311 e. The molecule has 0 bridgehead atoms. The van der Waals surface area contributed by atoms with Crippen LogP contribution in [-0.4, -0.2) is 8.07 Å². The Labute approximate surface area is 238 Å². The maximum Gasteiger partial charge on any atom is 0.172 e. The monoisotopic (exact) mass is 529 g/mol. The van der Waals surface area contributed by atoms with Crippen molar-refractivity contribution in [1.29, 1.82) is 0 Å². The molecule has 0 heterocycles. The standard InChI is InChI=1S/C38H31NSi/c1-6-16-33(17-7-1)39(34-18-8-2-9-19-34)35-28-26-32(27-29-35)30-31-40(36-20-10-3-11-21-36,37-22-12-4-13-23-37)38-24-14-5-15-25-38/h1-31H/b31-30+. The Morgan fingerprint density at radius 1 is 0.350 bits per heavy atom. The molecule has 192 valence electrons. The van der Waals surface area contributed by atoms with Gasteiger partial charge in [-0.3, -0.25) is 0 Å². The molecular weight excluding hydrogens is 499 g/mol. The number of hydrogen-bond acceptors (Lipinski definition) is 1. The third-order valence-electron chi connectivity index (χ3n) is 7.39. The van der Waals surface area contributed by atoms with Crippen LogP contribution in [0.5, 0.6) is 0 Å². The van der Waals surface area contributed by atoms with Crippen LogP contribution in [0.3, 0.4) is 0 Å². The van der Waals surface area contributed by atoms with Crippen molar-refractivity contribution in [2.45, 2.75) is 0 Å². The third kappa shape index (κ3) is 5.18. The van der Waals surface area contributed by atoms with E-state index in [1.165, 1.54) is 21.1 Å². The maximum absolute atomic E-state index is 2.49. The highest BCUT2D eigenvalue weighted by atomic mass is 28.3. The fourth-order valence-corrected chi connectivity index (χ4v) is 9.62. The summed E-state index contributed by atoms with van der Waals surface area (Å²) in [6, 6.07) is 63.0. The Morgan fingerprint density at radius 2 is 0.675 bits per heavy atom. The first-order chi connectivity index (χ1) is 19.8. The summed E-state index contributed by atoms with van der Waals surface area (Å²) in [5.74, 6) is 0. The molecule has 0 aliphatic heterocycles. The highest BCUT2D eigenvalue weighted by Gasteiger charge is 2.36. The quantitative estimate of drug-likeness (QED) is 0.143. The van der Waals surface area contributed by atoms with Crippen LogP contribution < -0.4 is 20.5 Å². The van der Waals surface area contributed by atoms with E-state index in [9.17, 15) is 0 Å². The van der Waals surface area contributed by atoms with Gasteiger partial charge in [-0.2, -0.15) is 0 Å². The van der Waals surface area contributed by atoms with Gasteiger partial charge in [-0.05, 0) is 57.5 Å². The summed E-state index contributed by atoms with van der Waals surface area (Å²) in [6.07, 6.45) is 2.32. The Balaban J connectivity index is 1.43. The van der Waals surface area contributed by atoms with Gasteiger partial charge in [-0.1, -0.05) is 151 Å². The van der Waals surface area contributed by atoms with Crippen molar-refractivity contribution in [1.82, 2.24) is 0 Å². The van der Waals surface area contributed by atoms with E-state index in [1.54, 1.807) is 0 Å². The van der Waals surface area contributed by atoms with Gasteiger partial charge < -0.3 is 4.90 Å². The van der Waals surface area contributed by atoms with Gasteiger partial charge in [0.05, 0.1) is 0 Å². The minimum atomic E-state index is -2.44. The van der Waals surface area contributed by atoms with Gasteiger partial charge in [-0.25, -0.2) is 0 Å². The van der Waals surface area contributed by atoms with Gasteiger partial charge >= 0.3 is 0 Å². The summed E-state index contributed by atoms with van der Waals surface area (Å²) < 4.78 is 0. The van der Waals surface area contributed by atoms with E-state index in [0.29, 0.717) is 0 Å². The summed E-state index contributed by atoms with van der Waals surface area (Å²) in [7, 11) is -2.44. The molecule has 0 aliphatic rings. The molecule has 0 unspecified atom stereocenters. The summed E-state index contributed by atoms with van der Waals surface area (Å²) in [5, 5.41) is 4.12. The van der Waals surface area contributed by atoms with Crippen molar-refractivity contribution in [3.05, 3.63) is 187 Å². The number of benzene rings is 6. The van der Waals surface area contributed by atoms with Crippen molar-refractivity contribution in [2.24, 2.45) is 0 Å². The molecule has 0 aliphatic carbocycles. The third-order valence-corrected chi connectivity index (χ3v) is 11.8. The minimum Gasteiger partial charge on any atom is -0.311 e. The Bertz CT molecular complexity index is 1510. The van der Waals surface area contributed by atoms with Crippen LogP contribution in [0.2, 0.25) is 0 Å². The number of anilines is 3. The predicted molar refractivity (Wildman–Crippen MR) is 174 cm³/mol. The lowest BCUT2D eigenvalue weighted by atomic mass is 10.1. The summed E-state index contributed by atoms with van der Waals surface area (Å²) in [4.78, 5) is 2.30. The fourth-order valence-electron chi connectivity index (χ4n) is 5.45. The van der Waals surface area contributed by atoms with Crippen molar-refractivity contribution in [2.75, 3.05) is 4.90 Å². The molecule has 6 aromatic rings. The number of nitrogens with zero attached hydrogens (tertiary/aromatic N) is 1. The number of para-hydroxylation sites is 2. The molecule has 0 saturated heterocycles. The van der Waals surface area contributed by atoms with Gasteiger partial charge in [0.15, 0.2) is 8.07 Å². The average molecular weight is 530 g/mol. The molecule has 0 radical (unpaired) electrons. The number of rotatable bonds is 8. The van der Waals surface area contributed by atoms with Gasteiger partial charge in [0.2, 0.25) is 0 Å². The zero-order valence-electron chi connectivity index (χ0n) is 22.3. The molecule has 0 amide bonds. The molecule has 0 aromatic heterocycles. The maximum atomic E-state index is 2.49. The highest BCUT2D eigenvalue weighted by Crippen LogP contribution is 2.34. The normalized spacial score (nSPS) is 11.4. The molecule has 0 spiro atoms. The molecular formula is C38H31NSi. The van der Waals surface area contributed by atoms with Crippen LogP contribution in [0.15, 0.2) is 182 Å². The Morgan fingerprint density at radius 3 is 1.05 bits per heavy atom. The summed E-state index contributed by atoms with van der Waals surface area (Å²) in [5.41, 5.74) is 7.09. The van der Waals surface area contributed by atoms with Crippen molar-refractivity contribution >= 4 is 46.8 Å². The van der Waals surface area contributed by atoms with Gasteiger partial charge in [0.25, 0.3) is 0 Å². The second-order valence-electron chi connectivity index (χ2n) is 9.84. The van der Waals surface area contributed by atoms with Crippen LogP contribution in [0.25, 0.3) is 6.08 Å². The highest BCUT2D eigenvalue weighted by molar-refractivity contribution is 7.15. The van der Waals surface area contributed by atoms with Crippen LogP contribution in [-0.2, 0) is 0 Å². The first-order valence-electron chi connectivity index (χ1n) is 13.7. The molecule has 0 N–H and O–H groups in total. The smallest absolute Gasteiger partial charge is 0.172 e. The molecule has 1 nitrogen and oxygen atoms in total. The van der Waals surface area contributed by atoms with Crippen molar-refractivity contribution in [3.63, 3.8) is 0 Å². The topological polar surface area (TPSA) is 3.24 Å². The summed E-state index contributed by atoms with van der Waals surface area (Å²) >= 11 is 0. The summed E-state index contributed by atoms with van der Waals surface area (Å²) in [6.45, 7) is 0. The Kier molecular flexibility index (Phi) is 7.52. The van der Waals surface area contributed by atoms with E-state index < -0.39 is 8.07 Å². The van der Waals surface area contributed by atoms with E-state index in [4.69, 9.17) is 0 Å². The molecule has 6 aromatic carbocycles. The lowest BCUT2D eigenvalue weighted by molar-refractivity contribution is 1.28. The number of hydrogen-bond donors (Lipinski definition) is 0. The zero-order valence-corrected chi connectivity index (χ0v) is 23.3. The minimum absolute atomic E-state index is 1.13. The van der Waals surface area contributed by atoms with Gasteiger partial charge in [-0.15, -0.1) is 0 Å². The fraction of sp³-hybridized carbons (Fsp3) is 0. The SMILES string of the molecule is C(=C\[Si](c1ccccc1)(c1ccccc1)c1ccccc1)/c1ccc(N(c2ccccc2)c2ccccc2)cc1. The van der Waals surface area contributed by atoms with Gasteiger partial charge in [0, 0.05) is 17.1 Å². The van der Waals surface area contributed by atoms with E-state index in [1.807, 2.05) is 0 Å². The lowest BCUT2D eigenvalue weighted by Gasteiger charge is -2.30. The van der Waals surface area contributed by atoms with E-state index >= 15 is 0 Å². The van der Waals surface area contributed by atoms with Crippen molar-refractivity contribution in [3.8, 4) is 0 Å². The molecule has 0 saturated carbocycles. The molecule has 0 fully saturated rings. The predicted octanol–water partition coefficient (Wildman–Crippen LogP) is 7.88. The van der Waals surface area contributed by atoms with E-state index in [0.717, 1.165) is 17.1 Å².